The average molecular weight is 504 g/mol. The summed E-state index contributed by atoms with van der Waals surface area (Å²) in [5, 5.41) is 6.52. The van der Waals surface area contributed by atoms with Crippen LogP contribution in [0.2, 0.25) is 5.02 Å². The number of nitrogens with one attached hydrogen (secondary N) is 2. The molecule has 2 aromatic carbocycles. The van der Waals surface area contributed by atoms with Gasteiger partial charge in [-0.25, -0.2) is 13.6 Å². The van der Waals surface area contributed by atoms with E-state index in [0.29, 0.717) is 29.7 Å². The molecule has 4 rings (SSSR count). The highest BCUT2D eigenvalue weighted by molar-refractivity contribution is 6.30. The molecule has 2 N–H and O–H groups in total. The number of carbonyl (C=O) groups is 2. The molecule has 5 nitrogen and oxygen atoms in total. The van der Waals surface area contributed by atoms with E-state index in [1.54, 1.807) is 24.3 Å². The summed E-state index contributed by atoms with van der Waals surface area (Å²) in [6, 6.07) is 12.1. The Morgan fingerprint density at radius 3 is 2.23 bits per heavy atom. The maximum atomic E-state index is 15.3. The fraction of sp³-hybridized carbons (Fsp3) is 0.481. The second-order valence-electron chi connectivity index (χ2n) is 9.75. The van der Waals surface area contributed by atoms with E-state index in [1.165, 1.54) is 24.3 Å². The number of ketones is 1. The first kappa shape index (κ1) is 25.6. The van der Waals surface area contributed by atoms with Crippen LogP contribution in [0.25, 0.3) is 0 Å². The summed E-state index contributed by atoms with van der Waals surface area (Å²) in [6.07, 6.45) is 5.36. The van der Waals surface area contributed by atoms with Gasteiger partial charge in [-0.1, -0.05) is 11.6 Å². The van der Waals surface area contributed by atoms with Crippen molar-refractivity contribution in [3.63, 3.8) is 0 Å². The Kier molecular flexibility index (Phi) is 8.39. The number of anilines is 1. The summed E-state index contributed by atoms with van der Waals surface area (Å²) in [7, 11) is 0. The van der Waals surface area contributed by atoms with Crippen LogP contribution in [-0.2, 0) is 0 Å². The standard InChI is InChI=1S/C27H32ClF2N3O2/c28-21-5-11-24(12-6-21)32-26(35)31-23-9-1-19(2-10-23)13-16-33-17-14-27(30,15-18-33)25(34)20-3-7-22(29)8-4-20/h3-8,11-12,19,23H,1-2,9-10,13-18H2,(H2,31,32,35). The van der Waals surface area contributed by atoms with Crippen molar-refractivity contribution in [2.75, 3.05) is 25.0 Å². The van der Waals surface area contributed by atoms with E-state index < -0.39 is 17.3 Å². The lowest BCUT2D eigenvalue weighted by atomic mass is 9.83. The molecule has 188 valence electrons. The smallest absolute Gasteiger partial charge is 0.319 e. The number of nitrogens with zero attached hydrogens (tertiary/aromatic N) is 1. The van der Waals surface area contributed by atoms with Crippen molar-refractivity contribution in [1.29, 1.82) is 0 Å². The number of urea groups is 1. The van der Waals surface area contributed by atoms with Crippen LogP contribution in [-0.4, -0.2) is 48.1 Å². The van der Waals surface area contributed by atoms with E-state index in [4.69, 9.17) is 11.6 Å². The summed E-state index contributed by atoms with van der Waals surface area (Å²) < 4.78 is 28.4. The minimum Gasteiger partial charge on any atom is -0.335 e. The molecule has 2 aromatic rings. The van der Waals surface area contributed by atoms with Crippen LogP contribution in [0, 0.1) is 11.7 Å². The number of hydrogen-bond donors (Lipinski definition) is 2. The highest BCUT2D eigenvalue weighted by Crippen LogP contribution is 2.32. The van der Waals surface area contributed by atoms with Crippen LogP contribution in [0.3, 0.4) is 0 Å². The molecule has 2 fully saturated rings. The number of piperidine rings is 1. The minimum atomic E-state index is -1.87. The number of hydrogen-bond acceptors (Lipinski definition) is 3. The lowest BCUT2D eigenvalue weighted by Crippen LogP contribution is -2.47. The number of benzene rings is 2. The van der Waals surface area contributed by atoms with Crippen LogP contribution in [0.4, 0.5) is 19.3 Å². The van der Waals surface area contributed by atoms with E-state index in [0.717, 1.165) is 38.6 Å². The summed E-state index contributed by atoms with van der Waals surface area (Å²) in [5.41, 5.74) is -0.932. The maximum absolute atomic E-state index is 15.3. The molecule has 1 aliphatic carbocycles. The molecule has 0 atom stereocenters. The Hall–Kier alpha value is -2.51. The third-order valence-electron chi connectivity index (χ3n) is 7.30. The van der Waals surface area contributed by atoms with Crippen LogP contribution < -0.4 is 10.6 Å². The fourth-order valence-electron chi connectivity index (χ4n) is 5.06. The van der Waals surface area contributed by atoms with E-state index in [2.05, 4.69) is 15.5 Å². The predicted octanol–water partition coefficient (Wildman–Crippen LogP) is 6.24. The maximum Gasteiger partial charge on any atom is 0.319 e. The number of rotatable bonds is 7. The third kappa shape index (κ3) is 7.01. The first-order valence-corrected chi connectivity index (χ1v) is 12.7. The van der Waals surface area contributed by atoms with Gasteiger partial charge in [0.25, 0.3) is 0 Å². The molecule has 1 heterocycles. The van der Waals surface area contributed by atoms with Gasteiger partial charge in [0.1, 0.15) is 5.82 Å². The molecule has 0 aromatic heterocycles. The van der Waals surface area contributed by atoms with Crippen molar-refractivity contribution in [1.82, 2.24) is 10.2 Å². The first-order valence-electron chi connectivity index (χ1n) is 12.4. The van der Waals surface area contributed by atoms with E-state index in [-0.39, 0.29) is 30.5 Å². The average Bonchev–Trinajstić information content (AvgIpc) is 2.86. The zero-order valence-electron chi connectivity index (χ0n) is 19.7. The molecule has 2 amide bonds. The van der Waals surface area contributed by atoms with E-state index >= 15 is 4.39 Å². The molecular formula is C27H32ClF2N3O2. The van der Waals surface area contributed by atoms with Gasteiger partial charge in [0, 0.05) is 48.2 Å². The number of likely N-dealkylation sites (tertiary alicyclic amines) is 1. The van der Waals surface area contributed by atoms with Crippen molar-refractivity contribution in [2.45, 2.75) is 56.7 Å². The Balaban J connectivity index is 1.14. The highest BCUT2D eigenvalue weighted by Gasteiger charge is 2.42. The highest BCUT2D eigenvalue weighted by atomic mass is 35.5. The molecular weight excluding hydrogens is 472 g/mol. The summed E-state index contributed by atoms with van der Waals surface area (Å²) in [4.78, 5) is 27.1. The molecule has 2 aliphatic rings. The molecule has 1 saturated heterocycles. The third-order valence-corrected chi connectivity index (χ3v) is 7.55. The number of amides is 2. The Bertz CT molecular complexity index is 1000. The first-order chi connectivity index (χ1) is 16.8. The molecule has 1 aliphatic heterocycles. The monoisotopic (exact) mass is 503 g/mol. The minimum absolute atomic E-state index is 0.165. The van der Waals surface area contributed by atoms with Crippen LogP contribution in [0.5, 0.6) is 0 Å². The molecule has 1 saturated carbocycles. The van der Waals surface area contributed by atoms with Crippen LogP contribution in [0.15, 0.2) is 48.5 Å². The molecule has 35 heavy (non-hydrogen) atoms. The van der Waals surface area contributed by atoms with Crippen LogP contribution >= 0.6 is 11.6 Å². The van der Waals surface area contributed by atoms with Crippen molar-refractivity contribution in [2.24, 2.45) is 5.92 Å². The fourth-order valence-corrected chi connectivity index (χ4v) is 5.19. The van der Waals surface area contributed by atoms with Gasteiger partial charge in [0.15, 0.2) is 11.5 Å². The summed E-state index contributed by atoms with van der Waals surface area (Å²) in [5.74, 6) is -0.386. The normalized spacial score (nSPS) is 22.4. The topological polar surface area (TPSA) is 61.4 Å². The largest absolute Gasteiger partial charge is 0.335 e. The second-order valence-corrected chi connectivity index (χ2v) is 10.2. The molecule has 8 heteroatoms. The van der Waals surface area contributed by atoms with Crippen molar-refractivity contribution in [3.8, 4) is 0 Å². The van der Waals surface area contributed by atoms with Gasteiger partial charge in [-0.2, -0.15) is 0 Å². The predicted molar refractivity (Wildman–Crippen MR) is 134 cm³/mol. The van der Waals surface area contributed by atoms with Gasteiger partial charge in [0.05, 0.1) is 0 Å². The van der Waals surface area contributed by atoms with Crippen molar-refractivity contribution < 1.29 is 18.4 Å². The van der Waals surface area contributed by atoms with Gasteiger partial charge in [-0.05, 0) is 93.1 Å². The Morgan fingerprint density at radius 2 is 1.60 bits per heavy atom. The second kappa shape index (κ2) is 11.5. The van der Waals surface area contributed by atoms with E-state index in [1.807, 2.05) is 0 Å². The Labute approximate surface area is 210 Å². The number of carbonyl (C=O) groups excluding carboxylic acids is 2. The quantitative estimate of drug-likeness (QED) is 0.440. The number of alkyl halides is 1. The van der Waals surface area contributed by atoms with Gasteiger partial charge in [-0.3, -0.25) is 4.79 Å². The molecule has 0 spiro atoms. The van der Waals surface area contributed by atoms with Gasteiger partial charge >= 0.3 is 6.03 Å². The molecule has 0 bridgehead atoms. The zero-order valence-corrected chi connectivity index (χ0v) is 20.5. The lowest BCUT2D eigenvalue weighted by Gasteiger charge is -2.36. The van der Waals surface area contributed by atoms with E-state index in [9.17, 15) is 14.0 Å². The summed E-state index contributed by atoms with van der Waals surface area (Å²) >= 11 is 5.87. The molecule has 0 unspecified atom stereocenters. The SMILES string of the molecule is O=C(Nc1ccc(Cl)cc1)NC1CCC(CCN2CCC(F)(C(=O)c3ccc(F)cc3)CC2)CC1. The molecule has 0 radical (unpaired) electrons. The van der Waals surface area contributed by atoms with Crippen LogP contribution in [0.1, 0.15) is 55.3 Å². The van der Waals surface area contributed by atoms with Crippen molar-refractivity contribution >= 4 is 29.1 Å². The zero-order chi connectivity index (χ0) is 24.8. The van der Waals surface area contributed by atoms with Gasteiger partial charge < -0.3 is 15.5 Å². The Morgan fingerprint density at radius 1 is 0.971 bits per heavy atom. The number of Topliss-reactive ketones (excluding diaryl/α,β-unsaturated/α-hetero) is 1. The number of halogens is 3. The van der Waals surface area contributed by atoms with Gasteiger partial charge in [0.2, 0.25) is 0 Å². The summed E-state index contributed by atoms with van der Waals surface area (Å²) in [6.45, 7) is 1.98. The lowest BCUT2D eigenvalue weighted by molar-refractivity contribution is 0.0404. The van der Waals surface area contributed by atoms with Gasteiger partial charge in [-0.15, -0.1) is 0 Å². The van der Waals surface area contributed by atoms with Crippen molar-refractivity contribution in [3.05, 3.63) is 64.9 Å².